The SMILES string of the molecule is CC(=O)N1CCN(C(=O)c2c(C)nc3ccc(C)cn23)CC1. The van der Waals surface area contributed by atoms with Gasteiger partial charge in [0.05, 0.1) is 5.69 Å². The standard InChI is InChI=1S/C16H20N4O2/c1-11-4-5-14-17-12(2)15(20(14)10-11)16(22)19-8-6-18(7-9-19)13(3)21/h4-5,10H,6-9H2,1-3H3. The van der Waals surface area contributed by atoms with Crippen LogP contribution in [0.25, 0.3) is 5.65 Å². The Hall–Kier alpha value is -2.37. The zero-order valence-electron chi connectivity index (χ0n) is 13.2. The van der Waals surface area contributed by atoms with Gasteiger partial charge >= 0.3 is 0 Å². The fourth-order valence-electron chi connectivity index (χ4n) is 2.90. The molecule has 2 aromatic heterocycles. The number of aromatic nitrogens is 2. The van der Waals surface area contributed by atoms with E-state index in [1.165, 1.54) is 0 Å². The molecule has 0 aliphatic carbocycles. The maximum absolute atomic E-state index is 12.8. The van der Waals surface area contributed by atoms with Crippen molar-refractivity contribution in [1.82, 2.24) is 19.2 Å². The van der Waals surface area contributed by atoms with Gasteiger partial charge in [-0.15, -0.1) is 0 Å². The fourth-order valence-corrected chi connectivity index (χ4v) is 2.90. The van der Waals surface area contributed by atoms with Gasteiger partial charge in [-0.05, 0) is 25.5 Å². The minimum absolute atomic E-state index is 0.0150. The Bertz CT molecular complexity index is 742. The van der Waals surface area contributed by atoms with Crippen LogP contribution < -0.4 is 0 Å². The molecule has 0 atom stereocenters. The summed E-state index contributed by atoms with van der Waals surface area (Å²) in [5.41, 5.74) is 3.23. The molecule has 6 nitrogen and oxygen atoms in total. The van der Waals surface area contributed by atoms with E-state index in [2.05, 4.69) is 4.98 Å². The molecule has 0 radical (unpaired) electrons. The van der Waals surface area contributed by atoms with E-state index in [1.807, 2.05) is 36.6 Å². The maximum atomic E-state index is 12.8. The summed E-state index contributed by atoms with van der Waals surface area (Å²) in [6.07, 6.45) is 1.94. The Labute approximate surface area is 129 Å². The molecule has 1 saturated heterocycles. The Morgan fingerprint density at radius 3 is 2.32 bits per heavy atom. The molecule has 0 bridgehead atoms. The van der Waals surface area contributed by atoms with E-state index in [9.17, 15) is 9.59 Å². The van der Waals surface area contributed by atoms with Crippen LogP contribution in [0.1, 0.15) is 28.7 Å². The van der Waals surface area contributed by atoms with Gasteiger partial charge in [0.2, 0.25) is 5.91 Å². The first-order valence-corrected chi connectivity index (χ1v) is 7.47. The molecule has 0 spiro atoms. The first-order valence-electron chi connectivity index (χ1n) is 7.47. The summed E-state index contributed by atoms with van der Waals surface area (Å²) in [6.45, 7) is 7.74. The third kappa shape index (κ3) is 2.45. The number of carbonyl (C=O) groups is 2. The normalized spacial score (nSPS) is 15.4. The second-order valence-corrected chi connectivity index (χ2v) is 5.78. The first kappa shape index (κ1) is 14.6. The number of aryl methyl sites for hydroxylation is 2. The highest BCUT2D eigenvalue weighted by atomic mass is 16.2. The quantitative estimate of drug-likeness (QED) is 0.796. The molecule has 6 heteroatoms. The molecule has 0 N–H and O–H groups in total. The van der Waals surface area contributed by atoms with Crippen LogP contribution in [-0.4, -0.2) is 57.2 Å². The monoisotopic (exact) mass is 300 g/mol. The molecule has 1 fully saturated rings. The number of nitrogens with zero attached hydrogens (tertiary/aromatic N) is 4. The van der Waals surface area contributed by atoms with Crippen molar-refractivity contribution in [1.29, 1.82) is 0 Å². The molecular weight excluding hydrogens is 280 g/mol. The van der Waals surface area contributed by atoms with Crippen molar-refractivity contribution in [3.63, 3.8) is 0 Å². The van der Waals surface area contributed by atoms with E-state index >= 15 is 0 Å². The van der Waals surface area contributed by atoms with Crippen LogP contribution in [0.5, 0.6) is 0 Å². The number of imidazole rings is 1. The number of carbonyl (C=O) groups excluding carboxylic acids is 2. The molecular formula is C16H20N4O2. The van der Waals surface area contributed by atoms with E-state index in [4.69, 9.17) is 0 Å². The number of amides is 2. The van der Waals surface area contributed by atoms with E-state index in [0.29, 0.717) is 31.9 Å². The van der Waals surface area contributed by atoms with Crippen molar-refractivity contribution in [3.8, 4) is 0 Å². The Morgan fingerprint density at radius 2 is 1.68 bits per heavy atom. The van der Waals surface area contributed by atoms with Crippen molar-refractivity contribution < 1.29 is 9.59 Å². The van der Waals surface area contributed by atoms with Crippen LogP contribution in [0.4, 0.5) is 0 Å². The maximum Gasteiger partial charge on any atom is 0.272 e. The van der Waals surface area contributed by atoms with Gasteiger partial charge in [0.1, 0.15) is 11.3 Å². The summed E-state index contributed by atoms with van der Waals surface area (Å²) in [4.78, 5) is 32.3. The van der Waals surface area contributed by atoms with Crippen molar-refractivity contribution >= 4 is 17.5 Å². The molecule has 3 rings (SSSR count). The number of pyridine rings is 1. The first-order chi connectivity index (χ1) is 10.5. The summed E-state index contributed by atoms with van der Waals surface area (Å²) in [6, 6.07) is 3.91. The minimum atomic E-state index is -0.0150. The lowest BCUT2D eigenvalue weighted by Gasteiger charge is -2.34. The molecule has 2 amide bonds. The molecule has 2 aromatic rings. The average Bonchev–Trinajstić information content (AvgIpc) is 2.82. The van der Waals surface area contributed by atoms with Gasteiger partial charge in [0.15, 0.2) is 0 Å². The molecule has 1 aliphatic rings. The predicted octanol–water partition coefficient (Wildman–Crippen LogP) is 1.26. The van der Waals surface area contributed by atoms with Crippen LogP contribution in [0, 0.1) is 13.8 Å². The third-order valence-electron chi connectivity index (χ3n) is 4.16. The fraction of sp³-hybridized carbons (Fsp3) is 0.438. The van der Waals surface area contributed by atoms with Crippen LogP contribution in [0.2, 0.25) is 0 Å². The molecule has 0 unspecified atom stereocenters. The topological polar surface area (TPSA) is 57.9 Å². The van der Waals surface area contributed by atoms with Crippen molar-refractivity contribution in [3.05, 3.63) is 35.3 Å². The highest BCUT2D eigenvalue weighted by Gasteiger charge is 2.26. The lowest BCUT2D eigenvalue weighted by Crippen LogP contribution is -2.50. The van der Waals surface area contributed by atoms with Crippen molar-refractivity contribution in [2.24, 2.45) is 0 Å². The van der Waals surface area contributed by atoms with E-state index in [-0.39, 0.29) is 11.8 Å². The number of fused-ring (bicyclic) bond motifs is 1. The highest BCUT2D eigenvalue weighted by molar-refractivity contribution is 5.95. The average molecular weight is 300 g/mol. The summed E-state index contributed by atoms with van der Waals surface area (Å²) in [5, 5.41) is 0. The van der Waals surface area contributed by atoms with Crippen LogP contribution in [-0.2, 0) is 4.79 Å². The predicted molar refractivity (Wildman–Crippen MR) is 82.8 cm³/mol. The summed E-state index contributed by atoms with van der Waals surface area (Å²) < 4.78 is 1.87. The molecule has 22 heavy (non-hydrogen) atoms. The van der Waals surface area contributed by atoms with Crippen molar-refractivity contribution in [2.45, 2.75) is 20.8 Å². The third-order valence-corrected chi connectivity index (χ3v) is 4.16. The molecule has 3 heterocycles. The minimum Gasteiger partial charge on any atom is -0.339 e. The number of rotatable bonds is 1. The van der Waals surface area contributed by atoms with Gasteiger partial charge in [-0.2, -0.15) is 0 Å². The molecule has 0 aromatic carbocycles. The lowest BCUT2D eigenvalue weighted by molar-refractivity contribution is -0.130. The van der Waals surface area contributed by atoms with Gasteiger partial charge in [-0.3, -0.25) is 14.0 Å². The smallest absolute Gasteiger partial charge is 0.272 e. The second kappa shape index (κ2) is 5.44. The van der Waals surface area contributed by atoms with Crippen molar-refractivity contribution in [2.75, 3.05) is 26.2 Å². The number of hydrogen-bond acceptors (Lipinski definition) is 3. The van der Waals surface area contributed by atoms with E-state index in [0.717, 1.165) is 16.9 Å². The van der Waals surface area contributed by atoms with E-state index < -0.39 is 0 Å². The van der Waals surface area contributed by atoms with Gasteiger partial charge < -0.3 is 9.80 Å². The molecule has 116 valence electrons. The van der Waals surface area contributed by atoms with Gasteiger partial charge in [-0.1, -0.05) is 6.07 Å². The Kier molecular flexibility index (Phi) is 3.60. The Balaban J connectivity index is 1.88. The van der Waals surface area contributed by atoms with Crippen LogP contribution >= 0.6 is 0 Å². The molecule has 1 aliphatic heterocycles. The van der Waals surface area contributed by atoms with Gasteiger partial charge in [-0.25, -0.2) is 4.98 Å². The van der Waals surface area contributed by atoms with Gasteiger partial charge in [0, 0.05) is 39.3 Å². The number of hydrogen-bond donors (Lipinski definition) is 0. The summed E-state index contributed by atoms with van der Waals surface area (Å²) in [5.74, 6) is 0.0486. The molecule has 0 saturated carbocycles. The summed E-state index contributed by atoms with van der Waals surface area (Å²) in [7, 11) is 0. The Morgan fingerprint density at radius 1 is 1.05 bits per heavy atom. The largest absolute Gasteiger partial charge is 0.339 e. The van der Waals surface area contributed by atoms with Crippen LogP contribution in [0.15, 0.2) is 18.3 Å². The zero-order valence-corrected chi connectivity index (χ0v) is 13.2. The van der Waals surface area contributed by atoms with Crippen LogP contribution in [0.3, 0.4) is 0 Å². The van der Waals surface area contributed by atoms with E-state index in [1.54, 1.807) is 16.7 Å². The van der Waals surface area contributed by atoms with Gasteiger partial charge in [0.25, 0.3) is 5.91 Å². The zero-order chi connectivity index (χ0) is 15.9. The highest BCUT2D eigenvalue weighted by Crippen LogP contribution is 2.16. The lowest BCUT2D eigenvalue weighted by atomic mass is 10.2. The summed E-state index contributed by atoms with van der Waals surface area (Å²) >= 11 is 0. The number of piperazine rings is 1. The second-order valence-electron chi connectivity index (χ2n) is 5.78.